The zero-order valence-electron chi connectivity index (χ0n) is 18.7. The number of piperidine rings is 2. The van der Waals surface area contributed by atoms with E-state index < -0.39 is 0 Å². The van der Waals surface area contributed by atoms with E-state index in [0.717, 1.165) is 57.7 Å². The van der Waals surface area contributed by atoms with Crippen LogP contribution in [0.25, 0.3) is 0 Å². The first-order chi connectivity index (χ1) is 15.2. The van der Waals surface area contributed by atoms with Crippen molar-refractivity contribution in [3.63, 3.8) is 0 Å². The number of rotatable bonds is 7. The van der Waals surface area contributed by atoms with Crippen LogP contribution in [0.15, 0.2) is 42.7 Å². The summed E-state index contributed by atoms with van der Waals surface area (Å²) in [7, 11) is 0. The second kappa shape index (κ2) is 10.8. The largest absolute Gasteiger partial charge is 0.356 e. The number of aromatic nitrogens is 2. The normalized spacial score (nSPS) is 19.4. The first kappa shape index (κ1) is 21.9. The maximum Gasteiger partial charge on any atom is 0.223 e. The lowest BCUT2D eigenvalue weighted by Gasteiger charge is -2.41. The van der Waals surface area contributed by atoms with Crippen LogP contribution < -0.4 is 5.32 Å². The number of likely N-dealkylation sites (tertiary alicyclic amines) is 2. The summed E-state index contributed by atoms with van der Waals surface area (Å²) in [6.45, 7) is 8.08. The molecule has 1 N–H and O–H groups in total. The van der Waals surface area contributed by atoms with Gasteiger partial charge in [-0.3, -0.25) is 19.7 Å². The molecule has 2 aliphatic rings. The monoisotopic (exact) mass is 421 g/mol. The lowest BCUT2D eigenvalue weighted by molar-refractivity contribution is -0.126. The molecule has 6 nitrogen and oxygen atoms in total. The van der Waals surface area contributed by atoms with Gasteiger partial charge in [0.05, 0.1) is 5.69 Å². The predicted octanol–water partition coefficient (Wildman–Crippen LogP) is 2.82. The summed E-state index contributed by atoms with van der Waals surface area (Å²) in [5.41, 5.74) is 3.49. The van der Waals surface area contributed by atoms with Crippen molar-refractivity contribution in [3.8, 4) is 0 Å². The first-order valence-corrected chi connectivity index (χ1v) is 11.7. The minimum Gasteiger partial charge on any atom is -0.356 e. The van der Waals surface area contributed by atoms with E-state index in [-0.39, 0.29) is 11.8 Å². The summed E-state index contributed by atoms with van der Waals surface area (Å²) >= 11 is 0. The fraction of sp³-hybridized carbons (Fsp3) is 0.560. The van der Waals surface area contributed by atoms with Gasteiger partial charge in [0, 0.05) is 56.2 Å². The van der Waals surface area contributed by atoms with E-state index >= 15 is 0 Å². The molecule has 0 radical (unpaired) electrons. The highest BCUT2D eigenvalue weighted by atomic mass is 16.1. The molecule has 31 heavy (non-hydrogen) atoms. The average Bonchev–Trinajstić information content (AvgIpc) is 2.80. The number of nitrogens with one attached hydrogen (secondary N) is 1. The van der Waals surface area contributed by atoms with Crippen LogP contribution in [0, 0.1) is 12.8 Å². The molecule has 0 aliphatic carbocycles. The van der Waals surface area contributed by atoms with Crippen LogP contribution in [0.2, 0.25) is 0 Å². The highest BCUT2D eigenvalue weighted by molar-refractivity contribution is 5.78. The van der Waals surface area contributed by atoms with Crippen molar-refractivity contribution in [1.82, 2.24) is 25.1 Å². The number of nitrogens with zero attached hydrogens (tertiary/aromatic N) is 4. The number of carbonyl (C=O) groups excluding carboxylic acids is 1. The molecule has 166 valence electrons. The molecule has 2 aromatic heterocycles. The Hall–Kier alpha value is -2.31. The lowest BCUT2D eigenvalue weighted by atomic mass is 9.92. The topological polar surface area (TPSA) is 61.4 Å². The zero-order valence-corrected chi connectivity index (χ0v) is 18.7. The molecule has 0 saturated carbocycles. The van der Waals surface area contributed by atoms with Crippen molar-refractivity contribution in [3.05, 3.63) is 59.7 Å². The highest BCUT2D eigenvalue weighted by Crippen LogP contribution is 2.24. The van der Waals surface area contributed by atoms with Crippen LogP contribution in [-0.4, -0.2) is 64.4 Å². The second-order valence-corrected chi connectivity index (χ2v) is 8.98. The van der Waals surface area contributed by atoms with E-state index in [9.17, 15) is 4.79 Å². The summed E-state index contributed by atoms with van der Waals surface area (Å²) in [6, 6.07) is 11.0. The molecule has 0 spiro atoms. The molecule has 4 heterocycles. The van der Waals surface area contributed by atoms with Crippen molar-refractivity contribution in [2.45, 2.75) is 51.6 Å². The Labute approximate surface area is 186 Å². The molecular formula is C25H35N5O. The molecule has 2 saturated heterocycles. The van der Waals surface area contributed by atoms with Gasteiger partial charge in [0.15, 0.2) is 0 Å². The molecule has 4 rings (SSSR count). The standard InChI is InChI=1S/C25H35N5O/c1-20-3-2-4-23(28-20)19-29-15-10-24(11-16-29)30-17-8-22(9-18-30)25(31)27-14-7-21-5-12-26-13-6-21/h2-6,12-13,22,24H,7-11,14-19H2,1H3,(H,27,31). The van der Waals surface area contributed by atoms with E-state index in [4.69, 9.17) is 0 Å². The van der Waals surface area contributed by atoms with Gasteiger partial charge in [0.1, 0.15) is 0 Å². The summed E-state index contributed by atoms with van der Waals surface area (Å²) in [6.07, 6.45) is 8.86. The van der Waals surface area contributed by atoms with Crippen LogP contribution >= 0.6 is 0 Å². The molecule has 0 atom stereocenters. The Kier molecular flexibility index (Phi) is 7.65. The first-order valence-electron chi connectivity index (χ1n) is 11.7. The van der Waals surface area contributed by atoms with E-state index in [0.29, 0.717) is 12.6 Å². The van der Waals surface area contributed by atoms with E-state index in [1.165, 1.54) is 24.1 Å². The zero-order chi connectivity index (χ0) is 21.5. The minimum absolute atomic E-state index is 0.168. The molecule has 6 heteroatoms. The SMILES string of the molecule is Cc1cccc(CN2CCC(N3CCC(C(=O)NCCc4ccncc4)CC3)CC2)n1. The summed E-state index contributed by atoms with van der Waals surface area (Å²) in [5.74, 6) is 0.398. The maximum absolute atomic E-state index is 12.6. The second-order valence-electron chi connectivity index (χ2n) is 8.98. The predicted molar refractivity (Wildman–Crippen MR) is 123 cm³/mol. The van der Waals surface area contributed by atoms with E-state index in [1.807, 2.05) is 12.1 Å². The Balaban J connectivity index is 1.14. The molecular weight excluding hydrogens is 386 g/mol. The number of pyridine rings is 2. The van der Waals surface area contributed by atoms with Crippen LogP contribution in [0.4, 0.5) is 0 Å². The van der Waals surface area contributed by atoms with Crippen LogP contribution in [-0.2, 0) is 17.8 Å². The van der Waals surface area contributed by atoms with Crippen molar-refractivity contribution in [2.24, 2.45) is 5.92 Å². The molecule has 2 aromatic rings. The third kappa shape index (κ3) is 6.34. The van der Waals surface area contributed by atoms with E-state index in [2.05, 4.69) is 50.2 Å². The van der Waals surface area contributed by atoms with Gasteiger partial charge in [-0.05, 0) is 81.9 Å². The number of carbonyl (C=O) groups is 1. The number of aryl methyl sites for hydroxylation is 1. The Bertz CT molecular complexity index is 827. The summed E-state index contributed by atoms with van der Waals surface area (Å²) in [5, 5.41) is 3.14. The molecule has 2 aliphatic heterocycles. The van der Waals surface area contributed by atoms with Crippen molar-refractivity contribution >= 4 is 5.91 Å². The lowest BCUT2D eigenvalue weighted by Crippen LogP contribution is -2.49. The van der Waals surface area contributed by atoms with Gasteiger partial charge in [0.25, 0.3) is 0 Å². The maximum atomic E-state index is 12.6. The number of hydrogen-bond donors (Lipinski definition) is 1. The van der Waals surface area contributed by atoms with Crippen LogP contribution in [0.3, 0.4) is 0 Å². The third-order valence-electron chi connectivity index (χ3n) is 6.77. The van der Waals surface area contributed by atoms with Gasteiger partial charge in [-0.25, -0.2) is 0 Å². The molecule has 1 amide bonds. The van der Waals surface area contributed by atoms with Gasteiger partial charge in [-0.1, -0.05) is 6.07 Å². The fourth-order valence-electron chi connectivity index (χ4n) is 4.91. The van der Waals surface area contributed by atoms with Crippen molar-refractivity contribution in [2.75, 3.05) is 32.7 Å². The van der Waals surface area contributed by atoms with Crippen LogP contribution in [0.5, 0.6) is 0 Å². The molecule has 2 fully saturated rings. The smallest absolute Gasteiger partial charge is 0.223 e. The quantitative estimate of drug-likeness (QED) is 0.745. The number of hydrogen-bond acceptors (Lipinski definition) is 5. The Morgan fingerprint density at radius 3 is 2.48 bits per heavy atom. The highest BCUT2D eigenvalue weighted by Gasteiger charge is 2.30. The van der Waals surface area contributed by atoms with Crippen LogP contribution in [0.1, 0.15) is 42.6 Å². The van der Waals surface area contributed by atoms with Gasteiger partial charge < -0.3 is 10.2 Å². The van der Waals surface area contributed by atoms with Gasteiger partial charge in [-0.15, -0.1) is 0 Å². The van der Waals surface area contributed by atoms with Gasteiger partial charge in [-0.2, -0.15) is 0 Å². The third-order valence-corrected chi connectivity index (χ3v) is 6.77. The molecule has 0 bridgehead atoms. The van der Waals surface area contributed by atoms with E-state index in [1.54, 1.807) is 12.4 Å². The summed E-state index contributed by atoms with van der Waals surface area (Å²) in [4.78, 5) is 26.4. The van der Waals surface area contributed by atoms with Crippen molar-refractivity contribution < 1.29 is 4.79 Å². The molecule has 0 unspecified atom stereocenters. The average molecular weight is 422 g/mol. The molecule has 0 aromatic carbocycles. The Morgan fingerprint density at radius 1 is 1.03 bits per heavy atom. The van der Waals surface area contributed by atoms with Gasteiger partial charge in [0.2, 0.25) is 5.91 Å². The minimum atomic E-state index is 0.168. The summed E-state index contributed by atoms with van der Waals surface area (Å²) < 4.78 is 0. The Morgan fingerprint density at radius 2 is 1.77 bits per heavy atom. The van der Waals surface area contributed by atoms with Gasteiger partial charge >= 0.3 is 0 Å². The van der Waals surface area contributed by atoms with Crippen molar-refractivity contribution in [1.29, 1.82) is 0 Å². The fourth-order valence-corrected chi connectivity index (χ4v) is 4.91. The number of amides is 1.